The van der Waals surface area contributed by atoms with Crippen LogP contribution >= 0.6 is 11.3 Å². The molecule has 3 nitrogen and oxygen atoms in total. The van der Waals surface area contributed by atoms with Crippen LogP contribution in [-0.4, -0.2) is 15.4 Å². The smallest absolute Gasteiger partial charge is 0.192 e. The molecule has 0 aliphatic heterocycles. The summed E-state index contributed by atoms with van der Waals surface area (Å²) in [5.41, 5.74) is 3.17. The molecule has 3 heterocycles. The molecule has 112 valence electrons. The van der Waals surface area contributed by atoms with Crippen molar-refractivity contribution < 1.29 is 0 Å². The van der Waals surface area contributed by atoms with Gasteiger partial charge in [0.05, 0.1) is 4.88 Å². The number of imidazole rings is 1. The second kappa shape index (κ2) is 5.66. The van der Waals surface area contributed by atoms with Crippen molar-refractivity contribution >= 4 is 22.8 Å². The van der Waals surface area contributed by atoms with E-state index in [2.05, 4.69) is 40.2 Å². The Labute approximate surface area is 135 Å². The number of aromatic nitrogens is 2. The molecule has 0 unspecified atom stereocenters. The molecule has 0 atom stereocenters. The maximum atomic E-state index is 4.81. The Morgan fingerprint density at radius 1 is 1.32 bits per heavy atom. The van der Waals surface area contributed by atoms with Gasteiger partial charge < -0.3 is 5.32 Å². The van der Waals surface area contributed by atoms with Gasteiger partial charge in [-0.1, -0.05) is 25.3 Å². The number of hydrogen-bond donors (Lipinski definition) is 1. The monoisotopic (exact) mass is 309 g/mol. The minimum absolute atomic E-state index is 0.553. The molecule has 4 heteroatoms. The summed E-state index contributed by atoms with van der Waals surface area (Å²) in [5, 5.41) is 5.90. The van der Waals surface area contributed by atoms with E-state index in [1.165, 1.54) is 42.5 Å². The van der Waals surface area contributed by atoms with Crippen molar-refractivity contribution in [2.45, 2.75) is 45.1 Å². The van der Waals surface area contributed by atoms with Crippen molar-refractivity contribution in [1.82, 2.24) is 9.38 Å². The third kappa shape index (κ3) is 2.36. The van der Waals surface area contributed by atoms with E-state index in [-0.39, 0.29) is 0 Å². The van der Waals surface area contributed by atoms with E-state index in [0.29, 0.717) is 6.04 Å². The van der Waals surface area contributed by atoms with Gasteiger partial charge in [-0.05, 0) is 42.8 Å². The lowest BCUT2D eigenvalue weighted by molar-refractivity contribution is 0.462. The third-order valence-electron chi connectivity index (χ3n) is 4.43. The van der Waals surface area contributed by atoms with Gasteiger partial charge in [-0.25, -0.2) is 4.98 Å². The highest BCUT2D eigenvalue weighted by molar-refractivity contribution is 7.13. The highest BCUT2D eigenvalue weighted by atomic mass is 32.1. The molecule has 0 radical (unpaired) electrons. The average Bonchev–Trinajstić information content (AvgIpc) is 3.12. The summed E-state index contributed by atoms with van der Waals surface area (Å²) in [6.07, 6.45) is 8.53. The van der Waals surface area contributed by atoms with E-state index in [4.69, 9.17) is 4.98 Å². The molecule has 0 bridgehead atoms. The minimum Gasteiger partial charge on any atom is -0.367 e. The molecular weight excluding hydrogens is 290 g/mol. The van der Waals surface area contributed by atoms with Crippen molar-refractivity contribution in [3.05, 3.63) is 41.4 Å². The summed E-state index contributed by atoms with van der Waals surface area (Å²) >= 11 is 1.75. The Morgan fingerprint density at radius 2 is 2.18 bits per heavy atom. The van der Waals surface area contributed by atoms with Crippen LogP contribution < -0.4 is 5.32 Å². The van der Waals surface area contributed by atoms with E-state index < -0.39 is 0 Å². The summed E-state index contributed by atoms with van der Waals surface area (Å²) < 4.78 is 2.11. The number of aryl methyl sites for hydroxylation is 1. The fourth-order valence-electron chi connectivity index (χ4n) is 3.24. The van der Waals surface area contributed by atoms with Gasteiger partial charge in [0, 0.05) is 18.3 Å². The molecule has 1 fully saturated rings. The lowest BCUT2D eigenvalue weighted by Gasteiger charge is -2.24. The van der Waals surface area contributed by atoms with Crippen LogP contribution in [-0.2, 0) is 0 Å². The number of hydrogen-bond acceptors (Lipinski definition) is 3. The Hall–Kier alpha value is -1.99. The zero-order chi connectivity index (χ0) is 14.9. The van der Waals surface area contributed by atoms with Crippen molar-refractivity contribution in [2.75, 3.05) is 5.32 Å². The Bertz CT molecular complexity index is 781. The molecule has 3 aromatic rings. The maximum absolute atomic E-state index is 4.81. The predicted molar refractivity (Wildman–Crippen MR) is 91.4 cm³/mol. The average molecular weight is 309 g/mol. The molecule has 0 saturated heterocycles. The second-order valence-corrected chi connectivity index (χ2v) is 6.92. The topological polar surface area (TPSA) is 29.3 Å². The van der Waals surface area contributed by atoms with Crippen molar-refractivity contribution in [3.63, 3.8) is 0 Å². The Kier molecular flexibility index (Phi) is 3.51. The van der Waals surface area contributed by atoms with Gasteiger partial charge in [-0.15, -0.1) is 11.3 Å². The molecule has 3 aromatic heterocycles. The Balaban J connectivity index is 1.81. The first-order valence-electron chi connectivity index (χ1n) is 7.94. The quantitative estimate of drug-likeness (QED) is 0.759. The normalized spacial score (nSPS) is 15.9. The molecule has 0 aromatic carbocycles. The zero-order valence-electron chi connectivity index (χ0n) is 12.7. The van der Waals surface area contributed by atoms with E-state index >= 15 is 0 Å². The van der Waals surface area contributed by atoms with E-state index in [1.54, 1.807) is 11.3 Å². The number of fused-ring (bicyclic) bond motifs is 1. The van der Waals surface area contributed by atoms with Crippen LogP contribution in [0, 0.1) is 19.1 Å². The molecular formula is C18H19N3S. The molecule has 0 spiro atoms. The molecule has 1 aliphatic rings. The highest BCUT2D eigenvalue weighted by Gasteiger charge is 2.20. The number of thiophene rings is 1. The number of anilines is 1. The summed E-state index contributed by atoms with van der Waals surface area (Å²) in [7, 11) is 0. The van der Waals surface area contributed by atoms with E-state index in [0.717, 1.165) is 17.2 Å². The van der Waals surface area contributed by atoms with Crippen LogP contribution in [0.25, 0.3) is 16.2 Å². The van der Waals surface area contributed by atoms with E-state index in [9.17, 15) is 0 Å². The SMILES string of the molecule is Cc1ccsc1-c1nc2c#cccn2c1NC1CCCCC1. The van der Waals surface area contributed by atoms with Crippen molar-refractivity contribution in [3.8, 4) is 10.6 Å². The van der Waals surface area contributed by atoms with Gasteiger partial charge in [-0.3, -0.25) is 4.40 Å². The summed E-state index contributed by atoms with van der Waals surface area (Å²) in [4.78, 5) is 6.05. The Morgan fingerprint density at radius 3 is 2.95 bits per heavy atom. The molecule has 1 aliphatic carbocycles. The highest BCUT2D eigenvalue weighted by Crippen LogP contribution is 2.35. The molecule has 1 N–H and O–H groups in total. The third-order valence-corrected chi connectivity index (χ3v) is 5.45. The predicted octanol–water partition coefficient (Wildman–Crippen LogP) is 4.72. The van der Waals surface area contributed by atoms with Crippen molar-refractivity contribution in [2.24, 2.45) is 0 Å². The first-order chi connectivity index (χ1) is 10.8. The summed E-state index contributed by atoms with van der Waals surface area (Å²) in [6.45, 7) is 2.15. The van der Waals surface area contributed by atoms with Gasteiger partial charge >= 0.3 is 0 Å². The lowest BCUT2D eigenvalue weighted by atomic mass is 9.95. The number of nitrogens with zero attached hydrogens (tertiary/aromatic N) is 2. The summed E-state index contributed by atoms with van der Waals surface area (Å²) in [5.74, 6) is 1.11. The van der Waals surface area contributed by atoms with Crippen LogP contribution in [0.1, 0.15) is 37.7 Å². The molecule has 22 heavy (non-hydrogen) atoms. The standard InChI is InChI=1S/C18H19N3S/c1-13-10-12-22-17(13)16-18(19-14-7-3-2-4-8-14)21-11-6-5-9-15(21)20-16/h6,10-12,14,19H,2-4,7-8H2,1H3. The largest absolute Gasteiger partial charge is 0.367 e. The van der Waals surface area contributed by atoms with Gasteiger partial charge in [0.25, 0.3) is 0 Å². The first-order valence-corrected chi connectivity index (χ1v) is 8.82. The van der Waals surface area contributed by atoms with Crippen LogP contribution in [0.15, 0.2) is 23.7 Å². The maximum Gasteiger partial charge on any atom is 0.192 e. The van der Waals surface area contributed by atoms with Crippen molar-refractivity contribution in [1.29, 1.82) is 0 Å². The number of nitrogens with one attached hydrogen (secondary N) is 1. The van der Waals surface area contributed by atoms with Gasteiger partial charge in [-0.2, -0.15) is 0 Å². The molecule has 4 rings (SSSR count). The first kappa shape index (κ1) is 13.7. The summed E-state index contributed by atoms with van der Waals surface area (Å²) in [6, 6.07) is 10.7. The van der Waals surface area contributed by atoms with E-state index in [1.807, 2.05) is 12.3 Å². The van der Waals surface area contributed by atoms with Gasteiger partial charge in [0.2, 0.25) is 0 Å². The van der Waals surface area contributed by atoms with Gasteiger partial charge in [0.15, 0.2) is 5.65 Å². The second-order valence-electron chi connectivity index (χ2n) is 6.00. The van der Waals surface area contributed by atoms with Crippen LogP contribution in [0.4, 0.5) is 5.82 Å². The van der Waals surface area contributed by atoms with Crippen LogP contribution in [0.2, 0.25) is 0 Å². The number of rotatable bonds is 3. The van der Waals surface area contributed by atoms with Crippen LogP contribution in [0.5, 0.6) is 0 Å². The lowest BCUT2D eigenvalue weighted by Crippen LogP contribution is -2.23. The fraction of sp³-hybridized carbons (Fsp3) is 0.389. The zero-order valence-corrected chi connectivity index (χ0v) is 13.5. The fourth-order valence-corrected chi connectivity index (χ4v) is 4.15. The van der Waals surface area contributed by atoms with Crippen LogP contribution in [0.3, 0.4) is 0 Å². The molecule has 0 amide bonds. The minimum atomic E-state index is 0.553. The van der Waals surface area contributed by atoms with Gasteiger partial charge in [0.1, 0.15) is 11.5 Å². The molecule has 1 saturated carbocycles.